The molecule has 2 aromatic carbocycles. The third-order valence-electron chi connectivity index (χ3n) is 5.36. The fourth-order valence-electron chi connectivity index (χ4n) is 3.83. The van der Waals surface area contributed by atoms with Gasteiger partial charge in [0.25, 0.3) is 0 Å². The Morgan fingerprint density at radius 2 is 1.85 bits per heavy atom. The highest BCUT2D eigenvalue weighted by molar-refractivity contribution is 5.59. The van der Waals surface area contributed by atoms with E-state index in [2.05, 4.69) is 81.8 Å². The number of hydrogen-bond donors (Lipinski definition) is 1. The van der Waals surface area contributed by atoms with Crippen LogP contribution >= 0.6 is 0 Å². The van der Waals surface area contributed by atoms with Crippen molar-refractivity contribution < 1.29 is 0 Å². The number of anilines is 1. The summed E-state index contributed by atoms with van der Waals surface area (Å²) in [6.45, 7) is 4.51. The molecule has 0 unspecified atom stereocenters. The van der Waals surface area contributed by atoms with Crippen molar-refractivity contribution in [2.75, 3.05) is 11.9 Å². The second kappa shape index (κ2) is 7.92. The maximum absolute atomic E-state index is 4.36. The first-order chi connectivity index (χ1) is 13.2. The minimum absolute atomic E-state index is 0.519. The Bertz CT molecular complexity index is 856. The maximum Gasteiger partial charge on any atom is 0.181 e. The fourth-order valence-corrected chi connectivity index (χ4v) is 3.83. The Hall–Kier alpha value is -2.66. The number of piperidine rings is 1. The number of aromatic nitrogens is 3. The van der Waals surface area contributed by atoms with Crippen molar-refractivity contribution in [3.05, 3.63) is 66.5 Å². The number of hydrogen-bond acceptors (Lipinski definition) is 4. The first-order valence-electron chi connectivity index (χ1n) is 9.68. The van der Waals surface area contributed by atoms with Crippen molar-refractivity contribution in [3.63, 3.8) is 0 Å². The molecule has 1 fully saturated rings. The van der Waals surface area contributed by atoms with E-state index >= 15 is 0 Å². The lowest BCUT2D eigenvalue weighted by Gasteiger charge is -2.38. The summed E-state index contributed by atoms with van der Waals surface area (Å²) in [6.07, 6.45) is 4.06. The lowest BCUT2D eigenvalue weighted by molar-refractivity contribution is 0.144. The molecule has 4 rings (SSSR count). The van der Waals surface area contributed by atoms with Gasteiger partial charge in [0.1, 0.15) is 6.33 Å². The largest absolute Gasteiger partial charge is 0.382 e. The summed E-state index contributed by atoms with van der Waals surface area (Å²) in [6, 6.07) is 20.3. The molecule has 0 saturated carbocycles. The van der Waals surface area contributed by atoms with Crippen molar-refractivity contribution >= 4 is 5.69 Å². The lowest BCUT2D eigenvalue weighted by atomic mass is 9.97. The van der Waals surface area contributed by atoms with E-state index < -0.39 is 0 Å². The van der Waals surface area contributed by atoms with Crippen molar-refractivity contribution in [1.82, 2.24) is 19.7 Å². The Kier molecular flexibility index (Phi) is 5.21. The zero-order valence-electron chi connectivity index (χ0n) is 16.0. The molecule has 1 N–H and O–H groups in total. The van der Waals surface area contributed by atoms with Gasteiger partial charge in [-0.05, 0) is 49.6 Å². The molecule has 1 saturated heterocycles. The topological polar surface area (TPSA) is 46.0 Å². The van der Waals surface area contributed by atoms with Crippen molar-refractivity contribution in [2.24, 2.45) is 7.05 Å². The summed E-state index contributed by atoms with van der Waals surface area (Å²) in [7, 11) is 1.89. The summed E-state index contributed by atoms with van der Waals surface area (Å²) in [4.78, 5) is 6.90. The molecule has 27 heavy (non-hydrogen) atoms. The molecule has 5 nitrogen and oxygen atoms in total. The van der Waals surface area contributed by atoms with Gasteiger partial charge in [0, 0.05) is 43.5 Å². The molecule has 3 aromatic rings. The number of nitrogens with zero attached hydrogens (tertiary/aromatic N) is 4. The Labute approximate surface area is 161 Å². The van der Waals surface area contributed by atoms with E-state index in [0.29, 0.717) is 12.1 Å². The van der Waals surface area contributed by atoms with Gasteiger partial charge in [-0.1, -0.05) is 30.3 Å². The van der Waals surface area contributed by atoms with Crippen LogP contribution in [0, 0.1) is 0 Å². The van der Waals surface area contributed by atoms with Gasteiger partial charge in [0.05, 0.1) is 0 Å². The number of rotatable bonds is 5. The number of nitrogens with one attached hydrogen (secondary N) is 1. The van der Waals surface area contributed by atoms with Crippen LogP contribution in [0.2, 0.25) is 0 Å². The monoisotopic (exact) mass is 361 g/mol. The molecule has 140 valence electrons. The van der Waals surface area contributed by atoms with Gasteiger partial charge in [0.15, 0.2) is 5.82 Å². The smallest absolute Gasteiger partial charge is 0.181 e. The molecule has 2 atom stereocenters. The standard InChI is InChI=1S/C22H27N5/c1-17-14-21(12-13-27(17)15-18-6-4-3-5-7-18)24-20-10-8-19(9-11-20)22-23-16-26(2)25-22/h3-11,16-17,21,24H,12-15H2,1-2H3/t17-,21+/m0/s1. The SMILES string of the molecule is C[C@H]1C[C@H](Nc2ccc(-c3ncn(C)n3)cc2)CCN1Cc1ccccc1. The Morgan fingerprint density at radius 3 is 2.52 bits per heavy atom. The maximum atomic E-state index is 4.36. The molecule has 1 aromatic heterocycles. The van der Waals surface area contributed by atoms with Crippen LogP contribution in [0.1, 0.15) is 25.3 Å². The highest BCUT2D eigenvalue weighted by Gasteiger charge is 2.25. The number of likely N-dealkylation sites (tertiary alicyclic amines) is 1. The van der Waals surface area contributed by atoms with Gasteiger partial charge < -0.3 is 5.32 Å². The predicted molar refractivity (Wildman–Crippen MR) is 109 cm³/mol. The van der Waals surface area contributed by atoms with E-state index in [-0.39, 0.29) is 0 Å². The molecule has 0 bridgehead atoms. The molecular formula is C22H27N5. The molecule has 0 aliphatic carbocycles. The van der Waals surface area contributed by atoms with E-state index in [1.165, 1.54) is 17.7 Å². The van der Waals surface area contributed by atoms with Gasteiger partial charge in [-0.15, -0.1) is 0 Å². The average molecular weight is 361 g/mol. The third kappa shape index (κ3) is 4.37. The van der Waals surface area contributed by atoms with Crippen LogP contribution in [-0.2, 0) is 13.6 Å². The van der Waals surface area contributed by atoms with Crippen molar-refractivity contribution in [1.29, 1.82) is 0 Å². The van der Waals surface area contributed by atoms with Crippen LogP contribution < -0.4 is 5.32 Å². The second-order valence-corrected chi connectivity index (χ2v) is 7.49. The molecule has 5 heteroatoms. The summed E-state index contributed by atoms with van der Waals surface area (Å²) in [5, 5.41) is 8.07. The van der Waals surface area contributed by atoms with E-state index in [4.69, 9.17) is 0 Å². The minimum atomic E-state index is 0.519. The highest BCUT2D eigenvalue weighted by Crippen LogP contribution is 2.24. The van der Waals surface area contributed by atoms with Gasteiger partial charge in [-0.2, -0.15) is 5.10 Å². The zero-order chi connectivity index (χ0) is 18.6. The fraction of sp³-hybridized carbons (Fsp3) is 0.364. The normalized spacial score (nSPS) is 20.5. The molecule has 1 aliphatic rings. The summed E-state index contributed by atoms with van der Waals surface area (Å²) in [5.41, 5.74) is 3.62. The summed E-state index contributed by atoms with van der Waals surface area (Å²) >= 11 is 0. The van der Waals surface area contributed by atoms with Gasteiger partial charge in [0.2, 0.25) is 0 Å². The first-order valence-corrected chi connectivity index (χ1v) is 9.68. The summed E-state index contributed by atoms with van der Waals surface area (Å²) < 4.78 is 1.73. The van der Waals surface area contributed by atoms with E-state index in [1.54, 1.807) is 11.0 Å². The Morgan fingerprint density at radius 1 is 1.07 bits per heavy atom. The highest BCUT2D eigenvalue weighted by atomic mass is 15.3. The molecule has 1 aliphatic heterocycles. The van der Waals surface area contributed by atoms with E-state index in [0.717, 1.165) is 30.9 Å². The molecule has 0 spiro atoms. The second-order valence-electron chi connectivity index (χ2n) is 7.49. The van der Waals surface area contributed by atoms with Crippen molar-refractivity contribution in [3.8, 4) is 11.4 Å². The average Bonchev–Trinajstić information content (AvgIpc) is 3.12. The first kappa shape index (κ1) is 17.7. The molecular weight excluding hydrogens is 334 g/mol. The van der Waals surface area contributed by atoms with Crippen LogP contribution in [0.4, 0.5) is 5.69 Å². The van der Waals surface area contributed by atoms with Crippen LogP contribution in [0.5, 0.6) is 0 Å². The summed E-state index contributed by atoms with van der Waals surface area (Å²) in [5.74, 6) is 0.770. The zero-order valence-corrected chi connectivity index (χ0v) is 16.0. The van der Waals surface area contributed by atoms with Gasteiger partial charge in [-0.25, -0.2) is 4.98 Å². The Balaban J connectivity index is 1.33. The van der Waals surface area contributed by atoms with Crippen molar-refractivity contribution in [2.45, 2.75) is 38.4 Å². The number of benzene rings is 2. The molecule has 0 amide bonds. The van der Waals surface area contributed by atoms with Gasteiger partial charge >= 0.3 is 0 Å². The van der Waals surface area contributed by atoms with Crippen LogP contribution in [-0.4, -0.2) is 38.3 Å². The van der Waals surface area contributed by atoms with E-state index in [1.807, 2.05) is 7.05 Å². The van der Waals surface area contributed by atoms with E-state index in [9.17, 15) is 0 Å². The number of aryl methyl sites for hydroxylation is 1. The van der Waals surface area contributed by atoms with Crippen LogP contribution in [0.3, 0.4) is 0 Å². The van der Waals surface area contributed by atoms with Crippen LogP contribution in [0.25, 0.3) is 11.4 Å². The van der Waals surface area contributed by atoms with Gasteiger partial charge in [-0.3, -0.25) is 9.58 Å². The van der Waals surface area contributed by atoms with Crippen LogP contribution in [0.15, 0.2) is 60.9 Å². The molecule has 2 heterocycles. The molecule has 0 radical (unpaired) electrons. The third-order valence-corrected chi connectivity index (χ3v) is 5.36. The quantitative estimate of drug-likeness (QED) is 0.747. The predicted octanol–water partition coefficient (Wildman–Crippen LogP) is 3.95. The lowest BCUT2D eigenvalue weighted by Crippen LogP contribution is -2.44. The minimum Gasteiger partial charge on any atom is -0.382 e.